The van der Waals surface area contributed by atoms with Crippen molar-refractivity contribution in [3.63, 3.8) is 0 Å². The zero-order chi connectivity index (χ0) is 12.0. The number of benzene rings is 1. The second-order valence-corrected chi connectivity index (χ2v) is 5.68. The normalized spacial score (nSPS) is 29.4. The highest BCUT2D eigenvalue weighted by atomic mass is 127. The zero-order valence-corrected chi connectivity index (χ0v) is 11.2. The minimum Gasteiger partial charge on any atom is -0.480 e. The van der Waals surface area contributed by atoms with E-state index >= 15 is 0 Å². The van der Waals surface area contributed by atoms with Crippen LogP contribution in [0.5, 0.6) is 0 Å². The molecule has 3 nitrogen and oxygen atoms in total. The zero-order valence-electron chi connectivity index (χ0n) is 9.06. The highest BCUT2D eigenvalue weighted by molar-refractivity contribution is 14.1. The number of allylic oxidation sites excluding steroid dienone is 2. The topological polar surface area (TPSA) is 49.3 Å². The van der Waals surface area contributed by atoms with E-state index < -0.39 is 12.0 Å². The number of hydrogen-bond donors (Lipinski definition) is 2. The van der Waals surface area contributed by atoms with Gasteiger partial charge in [-0.3, -0.25) is 0 Å². The fraction of sp³-hybridized carbons (Fsp3) is 0.308. The predicted octanol–water partition coefficient (Wildman–Crippen LogP) is 2.83. The number of fused-ring (bicyclic) bond motifs is 3. The SMILES string of the molecule is O=C(O)[C@@H]1Nc2c(I)cccc2[C@H]2C=CC[C@@H]21. The van der Waals surface area contributed by atoms with Crippen LogP contribution in [0.25, 0.3) is 0 Å². The number of para-hydroxylation sites is 1. The second kappa shape index (κ2) is 4.01. The van der Waals surface area contributed by atoms with Crippen LogP contribution in [-0.4, -0.2) is 17.1 Å². The monoisotopic (exact) mass is 341 g/mol. The molecule has 3 atom stereocenters. The molecule has 1 aliphatic carbocycles. The van der Waals surface area contributed by atoms with Crippen molar-refractivity contribution in [1.29, 1.82) is 0 Å². The molecular weight excluding hydrogens is 329 g/mol. The minimum atomic E-state index is -0.756. The highest BCUT2D eigenvalue weighted by Gasteiger charge is 2.41. The number of aliphatic carboxylic acids is 1. The number of halogens is 1. The first-order chi connectivity index (χ1) is 8.18. The third-order valence-corrected chi connectivity index (χ3v) is 4.51. The van der Waals surface area contributed by atoms with Crippen LogP contribution in [0.15, 0.2) is 30.4 Å². The standard InChI is InChI=1S/C13H12INO2/c14-10-6-2-5-8-7-3-1-4-9(7)12(13(16)17)15-11(8)10/h1-3,5-7,9,12,15H,4H2,(H,16,17)/t7-,9+,12-/m1/s1. The van der Waals surface area contributed by atoms with Crippen molar-refractivity contribution >= 4 is 34.2 Å². The molecule has 0 spiro atoms. The fourth-order valence-corrected chi connectivity index (χ4v) is 3.50. The summed E-state index contributed by atoms with van der Waals surface area (Å²) < 4.78 is 1.09. The lowest BCUT2D eigenvalue weighted by atomic mass is 9.79. The van der Waals surface area contributed by atoms with Gasteiger partial charge in [0, 0.05) is 15.4 Å². The molecule has 0 radical (unpaired) electrons. The Bertz CT molecular complexity index is 512. The van der Waals surface area contributed by atoms with Gasteiger partial charge < -0.3 is 10.4 Å². The molecule has 2 N–H and O–H groups in total. The molecular formula is C13H12INO2. The summed E-state index contributed by atoms with van der Waals surface area (Å²) in [5.74, 6) is -0.353. The van der Waals surface area contributed by atoms with Gasteiger partial charge in [0.25, 0.3) is 0 Å². The Morgan fingerprint density at radius 2 is 2.29 bits per heavy atom. The number of carbonyl (C=O) groups is 1. The number of nitrogens with one attached hydrogen (secondary N) is 1. The molecule has 0 bridgehead atoms. The van der Waals surface area contributed by atoms with E-state index in [-0.39, 0.29) is 11.8 Å². The first-order valence-corrected chi connectivity index (χ1v) is 6.71. The van der Waals surface area contributed by atoms with E-state index in [4.69, 9.17) is 0 Å². The van der Waals surface area contributed by atoms with Crippen molar-refractivity contribution in [3.05, 3.63) is 39.5 Å². The van der Waals surface area contributed by atoms with Crippen molar-refractivity contribution in [1.82, 2.24) is 0 Å². The molecule has 2 aliphatic rings. The Kier molecular flexibility index (Phi) is 2.61. The summed E-state index contributed by atoms with van der Waals surface area (Å²) in [6.45, 7) is 0. The van der Waals surface area contributed by atoms with E-state index in [1.807, 2.05) is 12.1 Å². The summed E-state index contributed by atoms with van der Waals surface area (Å²) in [6, 6.07) is 5.66. The first kappa shape index (κ1) is 11.1. The molecule has 0 saturated carbocycles. The van der Waals surface area contributed by atoms with Crippen LogP contribution in [0.4, 0.5) is 5.69 Å². The van der Waals surface area contributed by atoms with Crippen molar-refractivity contribution < 1.29 is 9.90 Å². The quantitative estimate of drug-likeness (QED) is 0.610. The van der Waals surface area contributed by atoms with Gasteiger partial charge in [-0.15, -0.1) is 0 Å². The van der Waals surface area contributed by atoms with Gasteiger partial charge in [0.2, 0.25) is 0 Å². The summed E-state index contributed by atoms with van der Waals surface area (Å²) in [5.41, 5.74) is 2.22. The van der Waals surface area contributed by atoms with Crippen LogP contribution in [-0.2, 0) is 4.79 Å². The van der Waals surface area contributed by atoms with E-state index in [0.717, 1.165) is 15.7 Å². The maximum Gasteiger partial charge on any atom is 0.326 e. The number of rotatable bonds is 1. The maximum absolute atomic E-state index is 11.3. The molecule has 1 aromatic rings. The number of hydrogen-bond acceptors (Lipinski definition) is 2. The molecule has 0 fully saturated rings. The van der Waals surface area contributed by atoms with Crippen LogP contribution < -0.4 is 5.32 Å². The van der Waals surface area contributed by atoms with E-state index in [1.165, 1.54) is 5.56 Å². The molecule has 0 saturated heterocycles. The van der Waals surface area contributed by atoms with Gasteiger partial charge in [0.05, 0.1) is 5.69 Å². The third kappa shape index (κ3) is 1.66. The lowest BCUT2D eigenvalue weighted by Gasteiger charge is -2.35. The van der Waals surface area contributed by atoms with Crippen molar-refractivity contribution in [2.75, 3.05) is 5.32 Å². The van der Waals surface area contributed by atoms with Gasteiger partial charge in [-0.05, 0) is 40.6 Å². The molecule has 88 valence electrons. The van der Waals surface area contributed by atoms with Crippen LogP contribution in [0, 0.1) is 9.49 Å². The van der Waals surface area contributed by atoms with E-state index in [2.05, 4.69) is 46.1 Å². The van der Waals surface area contributed by atoms with Gasteiger partial charge in [0.1, 0.15) is 6.04 Å². The molecule has 17 heavy (non-hydrogen) atoms. The summed E-state index contributed by atoms with van der Waals surface area (Å²) in [4.78, 5) is 11.3. The Labute approximate surface area is 113 Å². The van der Waals surface area contributed by atoms with Gasteiger partial charge >= 0.3 is 5.97 Å². The third-order valence-electron chi connectivity index (χ3n) is 3.61. The summed E-state index contributed by atoms with van der Waals surface area (Å²) in [7, 11) is 0. The fourth-order valence-electron chi connectivity index (χ4n) is 2.83. The Morgan fingerprint density at radius 3 is 3.06 bits per heavy atom. The van der Waals surface area contributed by atoms with Gasteiger partial charge in [-0.1, -0.05) is 24.3 Å². The molecule has 0 amide bonds. The molecule has 1 aliphatic heterocycles. The number of anilines is 1. The second-order valence-electron chi connectivity index (χ2n) is 4.52. The first-order valence-electron chi connectivity index (χ1n) is 5.63. The minimum absolute atomic E-state index is 0.151. The number of carboxylic acid groups (broad SMARTS) is 1. The van der Waals surface area contributed by atoms with Crippen molar-refractivity contribution in [3.8, 4) is 0 Å². The van der Waals surface area contributed by atoms with Crippen LogP contribution >= 0.6 is 22.6 Å². The number of carboxylic acids is 1. The van der Waals surface area contributed by atoms with Crippen LogP contribution in [0.2, 0.25) is 0 Å². The van der Waals surface area contributed by atoms with Gasteiger partial charge in [-0.2, -0.15) is 0 Å². The summed E-state index contributed by atoms with van der Waals surface area (Å²) >= 11 is 2.25. The van der Waals surface area contributed by atoms with Crippen LogP contribution in [0.1, 0.15) is 17.9 Å². The summed E-state index contributed by atoms with van der Waals surface area (Å²) in [6.07, 6.45) is 5.10. The largest absolute Gasteiger partial charge is 0.480 e. The average Bonchev–Trinajstić information content (AvgIpc) is 2.77. The maximum atomic E-state index is 11.3. The molecule has 0 unspecified atom stereocenters. The molecule has 4 heteroatoms. The van der Waals surface area contributed by atoms with Crippen molar-refractivity contribution in [2.45, 2.75) is 18.4 Å². The van der Waals surface area contributed by atoms with Gasteiger partial charge in [-0.25, -0.2) is 4.79 Å². The molecule has 1 heterocycles. The van der Waals surface area contributed by atoms with Crippen molar-refractivity contribution in [2.24, 2.45) is 5.92 Å². The molecule has 3 rings (SSSR count). The van der Waals surface area contributed by atoms with E-state index in [1.54, 1.807) is 0 Å². The Morgan fingerprint density at radius 1 is 1.47 bits per heavy atom. The van der Waals surface area contributed by atoms with E-state index in [0.29, 0.717) is 0 Å². The Hall–Kier alpha value is -1.04. The van der Waals surface area contributed by atoms with Gasteiger partial charge in [0.15, 0.2) is 0 Å². The molecule has 1 aromatic carbocycles. The lowest BCUT2D eigenvalue weighted by molar-refractivity contribution is -0.139. The average molecular weight is 341 g/mol. The van der Waals surface area contributed by atoms with E-state index in [9.17, 15) is 9.90 Å². The lowest BCUT2D eigenvalue weighted by Crippen LogP contribution is -2.42. The smallest absolute Gasteiger partial charge is 0.326 e. The summed E-state index contributed by atoms with van der Waals surface area (Å²) in [5, 5.41) is 12.5. The highest BCUT2D eigenvalue weighted by Crippen LogP contribution is 2.45. The Balaban J connectivity index is 2.12. The molecule has 0 aromatic heterocycles. The van der Waals surface area contributed by atoms with Crippen LogP contribution in [0.3, 0.4) is 0 Å². The predicted molar refractivity (Wildman–Crippen MR) is 74.2 cm³/mol.